The molecule has 2 heteroatoms. The van der Waals surface area contributed by atoms with Crippen molar-refractivity contribution >= 4 is 0 Å². The molecule has 2 nitrogen and oxygen atoms in total. The van der Waals surface area contributed by atoms with Crippen molar-refractivity contribution in [3.8, 4) is 0 Å². The van der Waals surface area contributed by atoms with E-state index in [1.54, 1.807) is 0 Å². The Bertz CT molecular complexity index is 76.4. The lowest BCUT2D eigenvalue weighted by molar-refractivity contribution is -0.368. The standard InChI is InChI=1S/C12H27N.H2O/c1-2-3-4-5-6-7-8-9-10-11-12-13;/h2-13H2,1H3;1H2. The van der Waals surface area contributed by atoms with Gasteiger partial charge >= 0.3 is 0 Å². The van der Waals surface area contributed by atoms with Gasteiger partial charge in [-0.25, -0.2) is 0 Å². The third-order valence-corrected chi connectivity index (χ3v) is 2.60. The number of hydrogen-bond donors (Lipinski definition) is 1. The summed E-state index contributed by atoms with van der Waals surface area (Å²) in [6.45, 7) is 3.40. The van der Waals surface area contributed by atoms with Crippen molar-refractivity contribution in [3.05, 3.63) is 0 Å². The summed E-state index contributed by atoms with van der Waals surface area (Å²) >= 11 is 0. The highest BCUT2D eigenvalue weighted by molar-refractivity contribution is 4.46. The van der Waals surface area contributed by atoms with Gasteiger partial charge in [0.05, 0.1) is 6.54 Å². The zero-order valence-electron chi connectivity index (χ0n) is 9.93. The van der Waals surface area contributed by atoms with E-state index in [1.807, 2.05) is 0 Å². The average Bonchev–Trinajstić information content (AvgIpc) is 2.16. The summed E-state index contributed by atoms with van der Waals surface area (Å²) in [4.78, 5) is 0. The van der Waals surface area contributed by atoms with Crippen LogP contribution in [0.3, 0.4) is 0 Å². The maximum absolute atomic E-state index is 3.85. The molecule has 0 aliphatic rings. The summed E-state index contributed by atoms with van der Waals surface area (Å²) in [5, 5.41) is 0. The molecule has 0 radical (unpaired) electrons. The minimum atomic E-state index is 0. The van der Waals surface area contributed by atoms with Crippen LogP contribution in [-0.4, -0.2) is 12.0 Å². The molecule has 88 valence electrons. The zero-order valence-corrected chi connectivity index (χ0v) is 9.93. The summed E-state index contributed by atoms with van der Waals surface area (Å²) in [7, 11) is 0. The molecule has 4 N–H and O–H groups in total. The Morgan fingerprint density at radius 1 is 0.643 bits per heavy atom. The Balaban J connectivity index is 0. The minimum absolute atomic E-state index is 0. The predicted molar refractivity (Wildman–Crippen MR) is 61.5 cm³/mol. The van der Waals surface area contributed by atoms with Gasteiger partial charge in [-0.1, -0.05) is 58.3 Å². The van der Waals surface area contributed by atoms with Gasteiger partial charge in [0.15, 0.2) is 0 Å². The highest BCUT2D eigenvalue weighted by Crippen LogP contribution is 2.09. The van der Waals surface area contributed by atoms with Crippen LogP contribution in [0.25, 0.3) is 0 Å². The van der Waals surface area contributed by atoms with E-state index >= 15 is 0 Å². The van der Waals surface area contributed by atoms with Gasteiger partial charge in [0.1, 0.15) is 0 Å². The number of hydrogen-bond acceptors (Lipinski definition) is 1. The van der Waals surface area contributed by atoms with Crippen LogP contribution in [0, 0.1) is 0 Å². The maximum Gasteiger partial charge on any atom is 0.0739 e. The van der Waals surface area contributed by atoms with Crippen molar-refractivity contribution in [2.75, 3.05) is 6.54 Å². The van der Waals surface area contributed by atoms with Gasteiger partial charge in [0.2, 0.25) is 0 Å². The normalized spacial score (nSPS) is 9.86. The Morgan fingerprint density at radius 3 is 1.36 bits per heavy atom. The second kappa shape index (κ2) is 15.4. The molecular weight excluding hydrogens is 174 g/mol. The molecule has 0 saturated heterocycles. The van der Waals surface area contributed by atoms with E-state index in [4.69, 9.17) is 0 Å². The van der Waals surface area contributed by atoms with Crippen LogP contribution in [0.4, 0.5) is 0 Å². The molecule has 0 amide bonds. The average molecular weight is 203 g/mol. The van der Waals surface area contributed by atoms with Crippen LogP contribution >= 0.6 is 0 Å². The van der Waals surface area contributed by atoms with Gasteiger partial charge < -0.3 is 11.2 Å². The highest BCUT2D eigenvalue weighted by Gasteiger charge is 1.91. The first-order valence-corrected chi connectivity index (χ1v) is 6.21. The third-order valence-electron chi connectivity index (χ3n) is 2.60. The fourth-order valence-electron chi connectivity index (χ4n) is 1.66. The quantitative estimate of drug-likeness (QED) is 0.545. The number of rotatable bonds is 10. The molecule has 14 heavy (non-hydrogen) atoms. The summed E-state index contributed by atoms with van der Waals surface area (Å²) in [5.41, 5.74) is 3.85. The molecule has 0 aromatic rings. The molecule has 0 aliphatic heterocycles. The minimum Gasteiger partial charge on any atom is -0.870 e. The SMILES string of the molecule is CCCCCCCCCCCC[NH3+].[OH-]. The van der Waals surface area contributed by atoms with Crippen molar-refractivity contribution in [2.24, 2.45) is 0 Å². The molecular formula is C12H29NO. The largest absolute Gasteiger partial charge is 0.870 e. The number of quaternary nitrogens is 1. The van der Waals surface area contributed by atoms with Crippen molar-refractivity contribution < 1.29 is 11.2 Å². The topological polar surface area (TPSA) is 57.6 Å². The van der Waals surface area contributed by atoms with Gasteiger partial charge in [-0.3, -0.25) is 0 Å². The van der Waals surface area contributed by atoms with Gasteiger partial charge in [0.25, 0.3) is 0 Å². The number of unbranched alkanes of at least 4 members (excludes halogenated alkanes) is 9. The molecule has 0 fully saturated rings. The van der Waals surface area contributed by atoms with Crippen LogP contribution in [0.5, 0.6) is 0 Å². The molecule has 0 bridgehead atoms. The van der Waals surface area contributed by atoms with E-state index in [-0.39, 0.29) is 5.48 Å². The molecule has 0 heterocycles. The Kier molecular flexibility index (Phi) is 18.0. The van der Waals surface area contributed by atoms with E-state index in [0.29, 0.717) is 0 Å². The van der Waals surface area contributed by atoms with Crippen LogP contribution in [0.2, 0.25) is 0 Å². The molecule has 0 spiro atoms. The third kappa shape index (κ3) is 14.4. The van der Waals surface area contributed by atoms with Gasteiger partial charge in [0, 0.05) is 0 Å². The first-order chi connectivity index (χ1) is 6.41. The highest BCUT2D eigenvalue weighted by atomic mass is 16.0. The molecule has 0 unspecified atom stereocenters. The zero-order chi connectivity index (χ0) is 9.78. The predicted octanol–water partition coefficient (Wildman–Crippen LogP) is 2.97. The van der Waals surface area contributed by atoms with Gasteiger partial charge in [-0.05, 0) is 12.8 Å². The first kappa shape index (κ1) is 16.4. The fourth-order valence-corrected chi connectivity index (χ4v) is 1.66. The first-order valence-electron chi connectivity index (χ1n) is 6.21. The van der Waals surface area contributed by atoms with E-state index in [0.717, 1.165) is 6.54 Å². The Morgan fingerprint density at radius 2 is 1.00 bits per heavy atom. The Hall–Kier alpha value is -0.0800. The van der Waals surface area contributed by atoms with Gasteiger partial charge in [-0.2, -0.15) is 0 Å². The Labute approximate surface area is 89.6 Å². The summed E-state index contributed by atoms with van der Waals surface area (Å²) in [6.07, 6.45) is 14.2. The van der Waals surface area contributed by atoms with Crippen LogP contribution in [-0.2, 0) is 0 Å². The van der Waals surface area contributed by atoms with E-state index in [9.17, 15) is 0 Å². The van der Waals surface area contributed by atoms with Crippen molar-refractivity contribution in [1.82, 2.24) is 0 Å². The molecule has 0 saturated carbocycles. The van der Waals surface area contributed by atoms with Crippen LogP contribution < -0.4 is 5.73 Å². The van der Waals surface area contributed by atoms with E-state index in [1.165, 1.54) is 64.2 Å². The van der Waals surface area contributed by atoms with Crippen LogP contribution in [0.15, 0.2) is 0 Å². The van der Waals surface area contributed by atoms with Gasteiger partial charge in [-0.15, -0.1) is 0 Å². The van der Waals surface area contributed by atoms with Crippen molar-refractivity contribution in [3.63, 3.8) is 0 Å². The lowest BCUT2D eigenvalue weighted by Gasteiger charge is -2.00. The van der Waals surface area contributed by atoms with Crippen molar-refractivity contribution in [1.29, 1.82) is 0 Å². The molecule has 0 aromatic carbocycles. The van der Waals surface area contributed by atoms with Crippen molar-refractivity contribution in [2.45, 2.75) is 71.1 Å². The molecule has 0 aromatic heterocycles. The van der Waals surface area contributed by atoms with E-state index < -0.39 is 0 Å². The molecule has 0 rings (SSSR count). The lowest BCUT2D eigenvalue weighted by Crippen LogP contribution is -2.50. The second-order valence-electron chi connectivity index (χ2n) is 4.04. The molecule has 0 atom stereocenters. The summed E-state index contributed by atoms with van der Waals surface area (Å²) in [6, 6.07) is 0. The summed E-state index contributed by atoms with van der Waals surface area (Å²) < 4.78 is 0. The molecule has 0 aliphatic carbocycles. The van der Waals surface area contributed by atoms with E-state index in [2.05, 4.69) is 12.7 Å². The fraction of sp³-hybridized carbons (Fsp3) is 1.00. The second-order valence-corrected chi connectivity index (χ2v) is 4.04. The summed E-state index contributed by atoms with van der Waals surface area (Å²) in [5.74, 6) is 0. The van der Waals surface area contributed by atoms with Crippen LogP contribution in [0.1, 0.15) is 71.1 Å². The lowest BCUT2D eigenvalue weighted by atomic mass is 10.1. The monoisotopic (exact) mass is 203 g/mol. The maximum atomic E-state index is 3.85. The smallest absolute Gasteiger partial charge is 0.0739 e.